The van der Waals surface area contributed by atoms with E-state index in [9.17, 15) is 14.4 Å². The van der Waals surface area contributed by atoms with Crippen LogP contribution in [-0.4, -0.2) is 37.2 Å². The number of ether oxygens (including phenoxy) is 3. The lowest BCUT2D eigenvalue weighted by atomic mass is 10.0. The summed E-state index contributed by atoms with van der Waals surface area (Å²) in [6, 6.07) is 0. The predicted octanol–water partition coefficient (Wildman–Crippen LogP) is 24.3. The molecule has 0 saturated heterocycles. The van der Waals surface area contributed by atoms with Crippen molar-refractivity contribution in [1.29, 1.82) is 0 Å². The van der Waals surface area contributed by atoms with Crippen molar-refractivity contribution in [3.05, 3.63) is 60.8 Å². The van der Waals surface area contributed by atoms with Gasteiger partial charge in [-0.05, 0) is 83.5 Å². The topological polar surface area (TPSA) is 78.9 Å². The molecule has 0 amide bonds. The zero-order chi connectivity index (χ0) is 57.8. The highest BCUT2D eigenvalue weighted by Gasteiger charge is 2.19. The standard InChI is InChI=1S/C74H134O6/c1-4-7-10-13-16-19-22-25-28-30-31-32-33-34-35-36-37-38-39-40-41-42-43-44-47-49-52-55-58-61-64-67-73(76)79-70-71(69-78-72(75)66-63-60-57-54-51-48-45-27-24-21-18-15-12-9-6-3)80-74(77)68-65-62-59-56-53-50-46-29-26-23-20-17-14-11-8-5-2/h9,12,18,21-22,25,27,30-31,45,71H,4-8,10-11,13-17,19-20,23-24,26,28-29,32-44,46-70H2,1-3H3/b12-9-,21-18-,25-22-,31-30-,45-27-. The van der Waals surface area contributed by atoms with E-state index in [1.165, 1.54) is 231 Å². The van der Waals surface area contributed by atoms with Gasteiger partial charge in [-0.1, -0.05) is 332 Å². The van der Waals surface area contributed by atoms with E-state index >= 15 is 0 Å². The van der Waals surface area contributed by atoms with E-state index in [1.54, 1.807) is 0 Å². The Kier molecular flexibility index (Phi) is 66.1. The van der Waals surface area contributed by atoms with E-state index in [0.29, 0.717) is 19.3 Å². The number of unbranched alkanes of at least 4 members (excludes halogenated alkanes) is 44. The van der Waals surface area contributed by atoms with Crippen molar-refractivity contribution in [2.45, 2.75) is 380 Å². The maximum Gasteiger partial charge on any atom is 0.306 e. The fourth-order valence-electron chi connectivity index (χ4n) is 10.5. The lowest BCUT2D eigenvalue weighted by molar-refractivity contribution is -0.167. The second-order valence-electron chi connectivity index (χ2n) is 23.8. The monoisotopic (exact) mass is 1120 g/mol. The van der Waals surface area contributed by atoms with E-state index in [4.69, 9.17) is 14.2 Å². The Labute approximate surface area is 498 Å². The summed E-state index contributed by atoms with van der Waals surface area (Å²) in [5.74, 6) is -0.868. The minimum Gasteiger partial charge on any atom is -0.462 e. The molecule has 0 heterocycles. The zero-order valence-electron chi connectivity index (χ0n) is 53.6. The third-order valence-corrected chi connectivity index (χ3v) is 15.8. The molecular weight excluding hydrogens is 985 g/mol. The maximum absolute atomic E-state index is 12.9. The molecule has 0 fully saturated rings. The van der Waals surface area contributed by atoms with Crippen molar-refractivity contribution >= 4 is 17.9 Å². The van der Waals surface area contributed by atoms with Crippen LogP contribution in [0.1, 0.15) is 374 Å². The Morgan fingerprint density at radius 3 is 0.762 bits per heavy atom. The van der Waals surface area contributed by atoms with Gasteiger partial charge in [0, 0.05) is 19.3 Å². The molecule has 0 aromatic rings. The third-order valence-electron chi connectivity index (χ3n) is 15.8. The van der Waals surface area contributed by atoms with Crippen LogP contribution < -0.4 is 0 Å². The van der Waals surface area contributed by atoms with Crippen LogP contribution in [0.3, 0.4) is 0 Å². The molecule has 0 N–H and O–H groups in total. The van der Waals surface area contributed by atoms with Crippen LogP contribution in [0.15, 0.2) is 60.8 Å². The van der Waals surface area contributed by atoms with Gasteiger partial charge in [-0.2, -0.15) is 0 Å². The normalized spacial score (nSPS) is 12.4. The second-order valence-corrected chi connectivity index (χ2v) is 23.8. The van der Waals surface area contributed by atoms with Gasteiger partial charge >= 0.3 is 17.9 Å². The van der Waals surface area contributed by atoms with Crippen LogP contribution in [-0.2, 0) is 28.6 Å². The van der Waals surface area contributed by atoms with E-state index < -0.39 is 6.10 Å². The fourth-order valence-corrected chi connectivity index (χ4v) is 10.5. The molecule has 6 heteroatoms. The van der Waals surface area contributed by atoms with Crippen molar-refractivity contribution in [3.8, 4) is 0 Å². The van der Waals surface area contributed by atoms with E-state index in [-0.39, 0.29) is 31.1 Å². The number of carbonyl (C=O) groups excluding carboxylic acids is 3. The molecule has 0 radical (unpaired) electrons. The van der Waals surface area contributed by atoms with E-state index in [2.05, 4.69) is 81.5 Å². The Hall–Kier alpha value is -2.89. The highest BCUT2D eigenvalue weighted by atomic mass is 16.6. The molecule has 80 heavy (non-hydrogen) atoms. The Morgan fingerprint density at radius 1 is 0.263 bits per heavy atom. The van der Waals surface area contributed by atoms with Crippen LogP contribution >= 0.6 is 0 Å². The Balaban J connectivity index is 4.18. The quantitative estimate of drug-likeness (QED) is 0.0261. The summed E-state index contributed by atoms with van der Waals surface area (Å²) >= 11 is 0. The lowest BCUT2D eigenvalue weighted by Gasteiger charge is -2.18. The summed E-state index contributed by atoms with van der Waals surface area (Å²) in [6.45, 7) is 6.56. The largest absolute Gasteiger partial charge is 0.462 e. The van der Waals surface area contributed by atoms with Crippen molar-refractivity contribution in [2.75, 3.05) is 13.2 Å². The molecule has 0 aromatic heterocycles. The SMILES string of the molecule is CC/C=C\C/C=C\C/C=C\CCCCCCCC(=O)OCC(COC(=O)CCCCCCCCCCCCCCCCCCCCC/C=C\C/C=C\CCCCCCC)OC(=O)CCCCCCCCCCCCCCCCCC. The number of esters is 3. The van der Waals surface area contributed by atoms with Gasteiger partial charge < -0.3 is 14.2 Å². The molecule has 0 saturated carbocycles. The first kappa shape index (κ1) is 77.1. The summed E-state index contributed by atoms with van der Waals surface area (Å²) in [4.78, 5) is 38.4. The third kappa shape index (κ3) is 65.9. The average molecular weight is 1120 g/mol. The van der Waals surface area contributed by atoms with E-state index in [0.717, 1.165) is 103 Å². The molecule has 0 aliphatic carbocycles. The average Bonchev–Trinajstić information content (AvgIpc) is 3.46. The van der Waals surface area contributed by atoms with Gasteiger partial charge in [0.25, 0.3) is 0 Å². The second kappa shape index (κ2) is 68.6. The minimum absolute atomic E-state index is 0.0747. The molecule has 0 rings (SSSR count). The van der Waals surface area contributed by atoms with Crippen molar-refractivity contribution in [1.82, 2.24) is 0 Å². The van der Waals surface area contributed by atoms with Crippen LogP contribution in [0.5, 0.6) is 0 Å². The molecule has 0 bridgehead atoms. The van der Waals surface area contributed by atoms with Gasteiger partial charge in [0.15, 0.2) is 6.10 Å². The molecule has 0 aliphatic rings. The van der Waals surface area contributed by atoms with Crippen LogP contribution in [0.2, 0.25) is 0 Å². The van der Waals surface area contributed by atoms with Crippen LogP contribution in [0.25, 0.3) is 0 Å². The summed E-state index contributed by atoms with van der Waals surface area (Å²) in [7, 11) is 0. The summed E-state index contributed by atoms with van der Waals surface area (Å²) in [6.07, 6.45) is 88.3. The summed E-state index contributed by atoms with van der Waals surface area (Å²) in [5, 5.41) is 0. The molecule has 1 atom stereocenters. The van der Waals surface area contributed by atoms with Gasteiger partial charge in [0.05, 0.1) is 0 Å². The maximum atomic E-state index is 12.9. The number of allylic oxidation sites excluding steroid dienone is 10. The molecule has 0 aromatic carbocycles. The first-order chi connectivity index (χ1) is 39.5. The van der Waals surface area contributed by atoms with Crippen LogP contribution in [0.4, 0.5) is 0 Å². The fraction of sp³-hybridized carbons (Fsp3) is 0.824. The smallest absolute Gasteiger partial charge is 0.306 e. The number of carbonyl (C=O) groups is 3. The summed E-state index contributed by atoms with van der Waals surface area (Å²) in [5.41, 5.74) is 0. The number of hydrogen-bond donors (Lipinski definition) is 0. The first-order valence-corrected chi connectivity index (χ1v) is 35.3. The van der Waals surface area contributed by atoms with Gasteiger partial charge in [-0.3, -0.25) is 14.4 Å². The van der Waals surface area contributed by atoms with Crippen molar-refractivity contribution in [2.24, 2.45) is 0 Å². The van der Waals surface area contributed by atoms with Gasteiger partial charge in [0.1, 0.15) is 13.2 Å². The van der Waals surface area contributed by atoms with Crippen molar-refractivity contribution < 1.29 is 28.6 Å². The van der Waals surface area contributed by atoms with Gasteiger partial charge in [-0.25, -0.2) is 0 Å². The molecule has 1 unspecified atom stereocenters. The van der Waals surface area contributed by atoms with Crippen LogP contribution in [0, 0.1) is 0 Å². The molecule has 6 nitrogen and oxygen atoms in total. The minimum atomic E-state index is -0.779. The highest BCUT2D eigenvalue weighted by molar-refractivity contribution is 5.71. The highest BCUT2D eigenvalue weighted by Crippen LogP contribution is 2.18. The molecular formula is C74H134O6. The molecule has 0 aliphatic heterocycles. The summed E-state index contributed by atoms with van der Waals surface area (Å²) < 4.78 is 17.0. The lowest BCUT2D eigenvalue weighted by Crippen LogP contribution is -2.30. The number of hydrogen-bond acceptors (Lipinski definition) is 6. The Morgan fingerprint density at radius 2 is 0.487 bits per heavy atom. The molecule has 0 spiro atoms. The predicted molar refractivity (Wildman–Crippen MR) is 348 cm³/mol. The van der Waals surface area contributed by atoms with Gasteiger partial charge in [-0.15, -0.1) is 0 Å². The zero-order valence-corrected chi connectivity index (χ0v) is 53.6. The van der Waals surface area contributed by atoms with Crippen molar-refractivity contribution in [3.63, 3.8) is 0 Å². The van der Waals surface area contributed by atoms with E-state index in [1.807, 2.05) is 0 Å². The van der Waals surface area contributed by atoms with Gasteiger partial charge in [0.2, 0.25) is 0 Å². The number of rotatable bonds is 65. The molecule has 466 valence electrons. The Bertz CT molecular complexity index is 1430. The first-order valence-electron chi connectivity index (χ1n) is 35.3.